The molecule has 2 heterocycles. The van der Waals surface area contributed by atoms with Crippen LogP contribution in [-0.4, -0.2) is 16.6 Å². The molecule has 1 aliphatic rings. The molecule has 2 aromatic carbocycles. The van der Waals surface area contributed by atoms with E-state index in [1.165, 1.54) is 22.5 Å². The van der Waals surface area contributed by atoms with Crippen LogP contribution in [0.25, 0.3) is 11.3 Å². The Bertz CT molecular complexity index is 1010. The number of aryl methyl sites for hydroxylation is 2. The number of hydrogen-bond acceptors (Lipinski definition) is 5. The average Bonchev–Trinajstić information content (AvgIpc) is 3.34. The highest BCUT2D eigenvalue weighted by molar-refractivity contribution is 7.14. The summed E-state index contributed by atoms with van der Waals surface area (Å²) < 4.78 is 0. The first kappa shape index (κ1) is 17.4. The van der Waals surface area contributed by atoms with Crippen LogP contribution in [0.15, 0.2) is 59.1 Å². The van der Waals surface area contributed by atoms with Crippen molar-refractivity contribution in [2.24, 2.45) is 5.16 Å². The first-order chi connectivity index (χ1) is 13.1. The molecule has 1 amide bonds. The maximum atomic E-state index is 12.5. The molecule has 4 rings (SSSR count). The largest absolute Gasteiger partial charge is 0.387 e. The van der Waals surface area contributed by atoms with Crippen LogP contribution in [0.1, 0.15) is 29.2 Å². The fourth-order valence-corrected chi connectivity index (χ4v) is 3.61. The molecule has 0 saturated carbocycles. The van der Waals surface area contributed by atoms with Gasteiger partial charge in [-0.15, -0.1) is 11.3 Å². The summed E-state index contributed by atoms with van der Waals surface area (Å²) in [6.45, 7) is 4.16. The monoisotopic (exact) mass is 377 g/mol. The van der Waals surface area contributed by atoms with E-state index >= 15 is 0 Å². The normalized spacial score (nSPS) is 15.9. The molecule has 0 aliphatic carbocycles. The molecule has 1 aliphatic heterocycles. The number of hydrogen-bond donors (Lipinski definition) is 1. The van der Waals surface area contributed by atoms with Crippen LogP contribution in [0.4, 0.5) is 5.13 Å². The quantitative estimate of drug-likeness (QED) is 0.704. The van der Waals surface area contributed by atoms with Crippen LogP contribution < -0.4 is 5.32 Å². The molecule has 1 aromatic heterocycles. The standard InChI is InChI=1S/C21H19N3O2S/c1-13-8-9-16(10-14(13)2)18-12-27-21(22-18)23-20(25)17-11-19(26-24-17)15-6-4-3-5-7-15/h3-10,12,19H,11H2,1-2H3,(H,22,23,25). The van der Waals surface area contributed by atoms with E-state index in [1.54, 1.807) is 0 Å². The second-order valence-corrected chi connectivity index (χ2v) is 7.40. The molecule has 6 heteroatoms. The Kier molecular flexibility index (Phi) is 4.73. The van der Waals surface area contributed by atoms with Gasteiger partial charge in [0.2, 0.25) is 0 Å². The predicted octanol–water partition coefficient (Wildman–Crippen LogP) is 4.88. The van der Waals surface area contributed by atoms with Gasteiger partial charge in [0.1, 0.15) is 5.71 Å². The molecule has 3 aromatic rings. The number of amides is 1. The lowest BCUT2D eigenvalue weighted by molar-refractivity contribution is -0.110. The third-order valence-electron chi connectivity index (χ3n) is 4.63. The van der Waals surface area contributed by atoms with Crippen LogP contribution in [0, 0.1) is 13.8 Å². The fraction of sp³-hybridized carbons (Fsp3) is 0.190. The van der Waals surface area contributed by atoms with Gasteiger partial charge in [0, 0.05) is 17.4 Å². The SMILES string of the molecule is Cc1ccc(-c2csc(NC(=O)C3=NOC(c4ccccc4)C3)n2)cc1C. The summed E-state index contributed by atoms with van der Waals surface area (Å²) in [4.78, 5) is 22.4. The Labute approximate surface area is 161 Å². The highest BCUT2D eigenvalue weighted by atomic mass is 32.1. The van der Waals surface area contributed by atoms with E-state index < -0.39 is 0 Å². The molecule has 1 N–H and O–H groups in total. The van der Waals surface area contributed by atoms with Gasteiger partial charge in [-0.2, -0.15) is 0 Å². The van der Waals surface area contributed by atoms with E-state index in [9.17, 15) is 4.79 Å². The molecule has 0 spiro atoms. The highest BCUT2D eigenvalue weighted by Gasteiger charge is 2.27. The van der Waals surface area contributed by atoms with Gasteiger partial charge in [0.25, 0.3) is 5.91 Å². The van der Waals surface area contributed by atoms with Crippen molar-refractivity contribution in [3.63, 3.8) is 0 Å². The number of carbonyl (C=O) groups is 1. The van der Waals surface area contributed by atoms with Gasteiger partial charge in [-0.05, 0) is 36.6 Å². The Morgan fingerprint density at radius 1 is 1.15 bits per heavy atom. The molecule has 1 unspecified atom stereocenters. The summed E-state index contributed by atoms with van der Waals surface area (Å²) in [5.74, 6) is -0.269. The van der Waals surface area contributed by atoms with Gasteiger partial charge < -0.3 is 4.84 Å². The van der Waals surface area contributed by atoms with Crippen molar-refractivity contribution in [3.8, 4) is 11.3 Å². The molecular weight excluding hydrogens is 358 g/mol. The minimum atomic E-state index is -0.269. The summed E-state index contributed by atoms with van der Waals surface area (Å²) in [6.07, 6.45) is 0.236. The molecular formula is C21H19N3O2S. The number of nitrogens with one attached hydrogen (secondary N) is 1. The zero-order valence-electron chi connectivity index (χ0n) is 15.1. The lowest BCUT2D eigenvalue weighted by atomic mass is 10.0. The Balaban J connectivity index is 1.42. The minimum Gasteiger partial charge on any atom is -0.387 e. The van der Waals surface area contributed by atoms with Crippen LogP contribution in [0.2, 0.25) is 0 Å². The lowest BCUT2D eigenvalue weighted by Crippen LogP contribution is -2.21. The van der Waals surface area contributed by atoms with Gasteiger partial charge in [-0.1, -0.05) is 47.6 Å². The van der Waals surface area contributed by atoms with Gasteiger partial charge in [-0.25, -0.2) is 4.98 Å². The molecule has 5 nitrogen and oxygen atoms in total. The Morgan fingerprint density at radius 2 is 1.96 bits per heavy atom. The lowest BCUT2D eigenvalue weighted by Gasteiger charge is -2.07. The van der Waals surface area contributed by atoms with Gasteiger partial charge in [0.05, 0.1) is 5.69 Å². The fourth-order valence-electron chi connectivity index (χ4n) is 2.89. The van der Waals surface area contributed by atoms with E-state index in [2.05, 4.69) is 41.4 Å². The van der Waals surface area contributed by atoms with E-state index in [-0.39, 0.29) is 12.0 Å². The van der Waals surface area contributed by atoms with Gasteiger partial charge >= 0.3 is 0 Å². The van der Waals surface area contributed by atoms with Crippen LogP contribution in [-0.2, 0) is 9.63 Å². The molecule has 1 atom stereocenters. The second-order valence-electron chi connectivity index (χ2n) is 6.54. The highest BCUT2D eigenvalue weighted by Crippen LogP contribution is 2.29. The topological polar surface area (TPSA) is 63.6 Å². The molecule has 136 valence electrons. The maximum Gasteiger partial charge on any atom is 0.275 e. The van der Waals surface area contributed by atoms with Gasteiger partial charge in [0.15, 0.2) is 11.2 Å². The summed E-state index contributed by atoms with van der Waals surface area (Å²) in [5.41, 5.74) is 5.75. The van der Waals surface area contributed by atoms with Crippen molar-refractivity contribution in [1.29, 1.82) is 0 Å². The van der Waals surface area contributed by atoms with E-state index in [0.29, 0.717) is 17.3 Å². The zero-order chi connectivity index (χ0) is 18.8. The average molecular weight is 377 g/mol. The summed E-state index contributed by atoms with van der Waals surface area (Å²) in [6, 6.07) is 16.0. The van der Waals surface area contributed by atoms with Crippen molar-refractivity contribution >= 4 is 28.1 Å². The van der Waals surface area contributed by atoms with E-state index in [4.69, 9.17) is 4.84 Å². The van der Waals surface area contributed by atoms with Crippen molar-refractivity contribution < 1.29 is 9.63 Å². The van der Waals surface area contributed by atoms with Gasteiger partial charge in [-0.3, -0.25) is 10.1 Å². The van der Waals surface area contributed by atoms with Crippen LogP contribution >= 0.6 is 11.3 Å². The number of nitrogens with zero attached hydrogens (tertiary/aromatic N) is 2. The maximum absolute atomic E-state index is 12.5. The third-order valence-corrected chi connectivity index (χ3v) is 5.39. The Hall–Kier alpha value is -2.99. The summed E-state index contributed by atoms with van der Waals surface area (Å²) in [7, 11) is 0. The predicted molar refractivity (Wildman–Crippen MR) is 108 cm³/mol. The smallest absolute Gasteiger partial charge is 0.275 e. The van der Waals surface area contributed by atoms with Crippen LogP contribution in [0.3, 0.4) is 0 Å². The number of benzene rings is 2. The first-order valence-corrected chi connectivity index (χ1v) is 9.60. The van der Waals surface area contributed by atoms with Crippen molar-refractivity contribution in [2.75, 3.05) is 5.32 Å². The number of oxime groups is 1. The third kappa shape index (κ3) is 3.75. The minimum absolute atomic E-state index is 0.214. The number of rotatable bonds is 4. The van der Waals surface area contributed by atoms with Crippen molar-refractivity contribution in [2.45, 2.75) is 26.4 Å². The second kappa shape index (κ2) is 7.32. The molecule has 0 radical (unpaired) electrons. The number of carbonyl (C=O) groups excluding carboxylic acids is 1. The number of thiazole rings is 1. The van der Waals surface area contributed by atoms with Crippen molar-refractivity contribution in [3.05, 3.63) is 70.6 Å². The summed E-state index contributed by atoms with van der Waals surface area (Å²) >= 11 is 1.40. The Morgan fingerprint density at radius 3 is 2.74 bits per heavy atom. The van der Waals surface area contributed by atoms with E-state index in [0.717, 1.165) is 16.8 Å². The number of aromatic nitrogens is 1. The molecule has 0 bridgehead atoms. The summed E-state index contributed by atoms with van der Waals surface area (Å²) in [5, 5.41) is 9.29. The van der Waals surface area contributed by atoms with Crippen molar-refractivity contribution in [1.82, 2.24) is 4.98 Å². The zero-order valence-corrected chi connectivity index (χ0v) is 15.9. The molecule has 27 heavy (non-hydrogen) atoms. The van der Waals surface area contributed by atoms with Crippen LogP contribution in [0.5, 0.6) is 0 Å². The molecule has 0 saturated heterocycles. The first-order valence-electron chi connectivity index (χ1n) is 8.72. The molecule has 0 fully saturated rings. The number of anilines is 1. The van der Waals surface area contributed by atoms with E-state index in [1.807, 2.05) is 41.8 Å².